The van der Waals surface area contributed by atoms with Crippen LogP contribution < -0.4 is 5.32 Å². The molecular weight excluding hydrogens is 290 g/mol. The van der Waals surface area contributed by atoms with Gasteiger partial charge in [-0.1, -0.05) is 60.7 Å². The Kier molecular flexibility index (Phi) is 6.36. The highest BCUT2D eigenvalue weighted by atomic mass is 16.5. The van der Waals surface area contributed by atoms with Gasteiger partial charge in [0, 0.05) is 18.9 Å². The van der Waals surface area contributed by atoms with E-state index in [1.54, 1.807) is 0 Å². The average molecular weight is 311 g/mol. The van der Waals surface area contributed by atoms with Gasteiger partial charge in [0.1, 0.15) is 0 Å². The van der Waals surface area contributed by atoms with Crippen LogP contribution in [0.25, 0.3) is 0 Å². The Morgan fingerprint density at radius 1 is 0.957 bits per heavy atom. The zero-order valence-electron chi connectivity index (χ0n) is 13.2. The highest BCUT2D eigenvalue weighted by Crippen LogP contribution is 2.23. The lowest BCUT2D eigenvalue weighted by Gasteiger charge is -2.16. The maximum atomic E-state index is 12.2. The van der Waals surface area contributed by atoms with E-state index >= 15 is 0 Å². The lowest BCUT2D eigenvalue weighted by molar-refractivity contribution is -0.141. The number of carbonyl (C=O) groups is 2. The fourth-order valence-corrected chi connectivity index (χ4v) is 2.41. The summed E-state index contributed by atoms with van der Waals surface area (Å²) in [5.74, 6) is -0.569. The Labute approximate surface area is 136 Å². The number of hydrogen-bond acceptors (Lipinski definition) is 3. The summed E-state index contributed by atoms with van der Waals surface area (Å²) in [6.45, 7) is 0.486. The molecule has 0 heterocycles. The van der Waals surface area contributed by atoms with Gasteiger partial charge >= 0.3 is 5.97 Å². The molecule has 0 aliphatic carbocycles. The third-order valence-electron chi connectivity index (χ3n) is 3.68. The molecule has 4 heteroatoms. The van der Waals surface area contributed by atoms with Crippen LogP contribution >= 0.6 is 0 Å². The van der Waals surface area contributed by atoms with Crippen LogP contribution in [-0.2, 0) is 20.9 Å². The first-order chi connectivity index (χ1) is 11.2. The smallest absolute Gasteiger partial charge is 0.306 e. The van der Waals surface area contributed by atoms with E-state index < -0.39 is 0 Å². The maximum absolute atomic E-state index is 12.2. The van der Waals surface area contributed by atoms with Crippen molar-refractivity contribution in [2.45, 2.75) is 25.3 Å². The molecule has 0 radical (unpaired) electrons. The molecule has 1 atom stereocenters. The molecule has 0 aliphatic rings. The van der Waals surface area contributed by atoms with E-state index in [4.69, 9.17) is 4.74 Å². The standard InChI is InChI=1S/C19H21NO3/c1-23-19(22)13-17(16-10-6-3-7-11-16)12-18(21)20-14-15-8-4-2-5-9-15/h2-11,17H,12-14H2,1H3,(H,20,21)/t17-/m0/s1. The number of methoxy groups -OCH3 is 1. The molecule has 0 aliphatic heterocycles. The summed E-state index contributed by atoms with van der Waals surface area (Å²) in [5, 5.41) is 2.90. The molecule has 4 nitrogen and oxygen atoms in total. The highest BCUT2D eigenvalue weighted by molar-refractivity contribution is 5.78. The Hall–Kier alpha value is -2.62. The van der Waals surface area contributed by atoms with Crippen LogP contribution in [0, 0.1) is 0 Å². The van der Waals surface area contributed by atoms with Gasteiger partial charge in [0.05, 0.1) is 13.5 Å². The minimum Gasteiger partial charge on any atom is -0.469 e. The van der Waals surface area contributed by atoms with Crippen molar-refractivity contribution >= 4 is 11.9 Å². The molecule has 0 saturated heterocycles. The Morgan fingerprint density at radius 2 is 1.57 bits per heavy atom. The molecule has 2 rings (SSSR count). The largest absolute Gasteiger partial charge is 0.469 e. The van der Waals surface area contributed by atoms with Crippen LogP contribution in [0.15, 0.2) is 60.7 Å². The normalized spacial score (nSPS) is 11.5. The van der Waals surface area contributed by atoms with E-state index in [1.165, 1.54) is 7.11 Å². The second-order valence-corrected chi connectivity index (χ2v) is 5.35. The zero-order chi connectivity index (χ0) is 16.5. The van der Waals surface area contributed by atoms with Crippen LogP contribution in [0.4, 0.5) is 0 Å². The van der Waals surface area contributed by atoms with Crippen molar-refractivity contribution in [1.29, 1.82) is 0 Å². The molecule has 1 N–H and O–H groups in total. The summed E-state index contributed by atoms with van der Waals surface area (Å²) < 4.78 is 4.74. The molecule has 23 heavy (non-hydrogen) atoms. The molecule has 0 saturated carbocycles. The average Bonchev–Trinajstić information content (AvgIpc) is 2.61. The summed E-state index contributed by atoms with van der Waals surface area (Å²) >= 11 is 0. The molecule has 2 aromatic carbocycles. The molecule has 0 unspecified atom stereocenters. The number of benzene rings is 2. The van der Waals surface area contributed by atoms with Crippen molar-refractivity contribution < 1.29 is 14.3 Å². The van der Waals surface area contributed by atoms with E-state index in [-0.39, 0.29) is 30.6 Å². The van der Waals surface area contributed by atoms with Gasteiger partial charge in [-0.15, -0.1) is 0 Å². The second-order valence-electron chi connectivity index (χ2n) is 5.35. The van der Waals surface area contributed by atoms with Crippen molar-refractivity contribution in [3.05, 3.63) is 71.8 Å². The van der Waals surface area contributed by atoms with Gasteiger partial charge in [0.2, 0.25) is 5.91 Å². The first-order valence-corrected chi connectivity index (χ1v) is 7.61. The lowest BCUT2D eigenvalue weighted by Crippen LogP contribution is -2.25. The Balaban J connectivity index is 1.96. The number of carbonyl (C=O) groups excluding carboxylic acids is 2. The van der Waals surface area contributed by atoms with E-state index in [0.717, 1.165) is 11.1 Å². The van der Waals surface area contributed by atoms with Gasteiger partial charge in [-0.25, -0.2) is 0 Å². The molecule has 0 spiro atoms. The summed E-state index contributed by atoms with van der Waals surface area (Å²) in [6, 6.07) is 19.3. The quantitative estimate of drug-likeness (QED) is 0.800. The molecule has 2 aromatic rings. The van der Waals surface area contributed by atoms with Crippen molar-refractivity contribution in [2.24, 2.45) is 0 Å². The number of hydrogen-bond donors (Lipinski definition) is 1. The third kappa shape index (κ3) is 5.58. The van der Waals surface area contributed by atoms with Crippen LogP contribution in [0.2, 0.25) is 0 Å². The summed E-state index contributed by atoms with van der Waals surface area (Å²) in [7, 11) is 1.36. The zero-order valence-corrected chi connectivity index (χ0v) is 13.2. The van der Waals surface area contributed by atoms with Gasteiger partial charge < -0.3 is 10.1 Å². The number of rotatable bonds is 7. The summed E-state index contributed by atoms with van der Waals surface area (Å²) in [6.07, 6.45) is 0.450. The maximum Gasteiger partial charge on any atom is 0.306 e. The third-order valence-corrected chi connectivity index (χ3v) is 3.68. The lowest BCUT2D eigenvalue weighted by atomic mass is 9.92. The van der Waals surface area contributed by atoms with Gasteiger partial charge in [0.25, 0.3) is 0 Å². The minimum absolute atomic E-state index is 0.0772. The van der Waals surface area contributed by atoms with Crippen LogP contribution in [-0.4, -0.2) is 19.0 Å². The van der Waals surface area contributed by atoms with Gasteiger partial charge in [-0.2, -0.15) is 0 Å². The first kappa shape index (κ1) is 16.7. The molecule has 0 fully saturated rings. The van der Waals surface area contributed by atoms with Crippen molar-refractivity contribution in [3.63, 3.8) is 0 Å². The van der Waals surface area contributed by atoms with Crippen LogP contribution in [0.1, 0.15) is 29.9 Å². The van der Waals surface area contributed by atoms with Gasteiger partial charge in [-0.3, -0.25) is 9.59 Å². The molecule has 1 amide bonds. The Morgan fingerprint density at radius 3 is 2.17 bits per heavy atom. The fraction of sp³-hybridized carbons (Fsp3) is 0.263. The molecule has 0 bridgehead atoms. The highest BCUT2D eigenvalue weighted by Gasteiger charge is 2.19. The van der Waals surface area contributed by atoms with Crippen molar-refractivity contribution in [3.8, 4) is 0 Å². The molecular formula is C19H21NO3. The number of nitrogens with one attached hydrogen (secondary N) is 1. The van der Waals surface area contributed by atoms with Crippen LogP contribution in [0.3, 0.4) is 0 Å². The predicted octanol–water partition coefficient (Wildman–Crippen LogP) is 3.04. The van der Waals surface area contributed by atoms with Crippen LogP contribution in [0.5, 0.6) is 0 Å². The summed E-state index contributed by atoms with van der Waals surface area (Å²) in [4.78, 5) is 23.8. The summed E-state index contributed by atoms with van der Waals surface area (Å²) in [5.41, 5.74) is 2.01. The molecule has 120 valence electrons. The fourth-order valence-electron chi connectivity index (χ4n) is 2.41. The van der Waals surface area contributed by atoms with Gasteiger partial charge in [-0.05, 0) is 11.1 Å². The van der Waals surface area contributed by atoms with Gasteiger partial charge in [0.15, 0.2) is 0 Å². The number of esters is 1. The first-order valence-electron chi connectivity index (χ1n) is 7.61. The number of amides is 1. The Bertz CT molecular complexity index is 626. The van der Waals surface area contributed by atoms with E-state index in [0.29, 0.717) is 6.54 Å². The monoisotopic (exact) mass is 311 g/mol. The molecule has 0 aromatic heterocycles. The SMILES string of the molecule is COC(=O)C[C@H](CC(=O)NCc1ccccc1)c1ccccc1. The van der Waals surface area contributed by atoms with Crippen molar-refractivity contribution in [1.82, 2.24) is 5.32 Å². The number of ether oxygens (including phenoxy) is 1. The van der Waals surface area contributed by atoms with Crippen molar-refractivity contribution in [2.75, 3.05) is 7.11 Å². The van der Waals surface area contributed by atoms with E-state index in [1.807, 2.05) is 60.7 Å². The topological polar surface area (TPSA) is 55.4 Å². The van der Waals surface area contributed by atoms with E-state index in [9.17, 15) is 9.59 Å². The van der Waals surface area contributed by atoms with E-state index in [2.05, 4.69) is 5.32 Å². The predicted molar refractivity (Wildman–Crippen MR) is 88.7 cm³/mol. The minimum atomic E-state index is -0.310. The second kappa shape index (κ2) is 8.73.